The number of imidazole rings is 1. The van der Waals surface area contributed by atoms with Crippen molar-refractivity contribution in [3.8, 4) is 0 Å². The van der Waals surface area contributed by atoms with Crippen molar-refractivity contribution < 1.29 is 0 Å². The molecule has 2 heterocycles. The van der Waals surface area contributed by atoms with Crippen molar-refractivity contribution in [2.24, 2.45) is 0 Å². The van der Waals surface area contributed by atoms with Crippen LogP contribution in [0.3, 0.4) is 0 Å². The summed E-state index contributed by atoms with van der Waals surface area (Å²) in [5, 5.41) is 0. The van der Waals surface area contributed by atoms with E-state index in [0.29, 0.717) is 5.88 Å². The molecule has 0 atom stereocenters. The molecule has 4 heteroatoms. The SMILES string of the molecule is ClCc1cnc2cnccn12. The van der Waals surface area contributed by atoms with E-state index in [1.165, 1.54) is 0 Å². The fraction of sp³-hybridized carbons (Fsp3) is 0.143. The van der Waals surface area contributed by atoms with Crippen molar-refractivity contribution in [3.05, 3.63) is 30.5 Å². The summed E-state index contributed by atoms with van der Waals surface area (Å²) >= 11 is 5.67. The summed E-state index contributed by atoms with van der Waals surface area (Å²) in [6.45, 7) is 0. The van der Waals surface area contributed by atoms with Crippen molar-refractivity contribution in [1.29, 1.82) is 0 Å². The molecule has 0 saturated heterocycles. The molecule has 11 heavy (non-hydrogen) atoms. The van der Waals surface area contributed by atoms with E-state index in [9.17, 15) is 0 Å². The standard InChI is InChI=1S/C7H6ClN3/c8-3-6-4-10-7-5-9-1-2-11(6)7/h1-2,4-5H,3H2. The van der Waals surface area contributed by atoms with Gasteiger partial charge in [-0.05, 0) is 0 Å². The third kappa shape index (κ3) is 0.973. The lowest BCUT2D eigenvalue weighted by Crippen LogP contribution is -1.88. The molecule has 56 valence electrons. The first-order valence-electron chi connectivity index (χ1n) is 3.24. The lowest BCUT2D eigenvalue weighted by atomic mass is 10.5. The summed E-state index contributed by atoms with van der Waals surface area (Å²) in [4.78, 5) is 8.04. The van der Waals surface area contributed by atoms with Gasteiger partial charge in [0.15, 0.2) is 5.65 Å². The minimum Gasteiger partial charge on any atom is -0.300 e. The van der Waals surface area contributed by atoms with Gasteiger partial charge in [0.25, 0.3) is 0 Å². The van der Waals surface area contributed by atoms with Gasteiger partial charge in [-0.1, -0.05) is 0 Å². The molecular weight excluding hydrogens is 162 g/mol. The summed E-state index contributed by atoms with van der Waals surface area (Å²) < 4.78 is 1.92. The molecular formula is C7H6ClN3. The van der Waals surface area contributed by atoms with Crippen LogP contribution in [0.1, 0.15) is 5.69 Å². The summed E-state index contributed by atoms with van der Waals surface area (Å²) in [7, 11) is 0. The number of halogens is 1. The van der Waals surface area contributed by atoms with E-state index in [1.54, 1.807) is 18.6 Å². The Balaban J connectivity index is 2.76. The van der Waals surface area contributed by atoms with E-state index in [-0.39, 0.29) is 0 Å². The Morgan fingerprint density at radius 2 is 2.36 bits per heavy atom. The van der Waals surface area contributed by atoms with Gasteiger partial charge in [0.1, 0.15) is 0 Å². The number of rotatable bonds is 1. The van der Waals surface area contributed by atoms with E-state index in [0.717, 1.165) is 11.3 Å². The van der Waals surface area contributed by atoms with Gasteiger partial charge in [0.05, 0.1) is 24.0 Å². The molecule has 0 aliphatic heterocycles. The van der Waals surface area contributed by atoms with Crippen LogP contribution in [0.5, 0.6) is 0 Å². The fourth-order valence-electron chi connectivity index (χ4n) is 0.994. The van der Waals surface area contributed by atoms with Crippen LogP contribution < -0.4 is 0 Å². The van der Waals surface area contributed by atoms with Gasteiger partial charge < -0.3 is 4.40 Å². The van der Waals surface area contributed by atoms with Crippen molar-refractivity contribution in [1.82, 2.24) is 14.4 Å². The molecule has 0 spiro atoms. The van der Waals surface area contributed by atoms with Gasteiger partial charge >= 0.3 is 0 Å². The van der Waals surface area contributed by atoms with Crippen molar-refractivity contribution >= 4 is 17.2 Å². The maximum absolute atomic E-state index is 5.67. The van der Waals surface area contributed by atoms with Gasteiger partial charge in [-0.15, -0.1) is 11.6 Å². The van der Waals surface area contributed by atoms with Crippen LogP contribution in [0, 0.1) is 0 Å². The number of aromatic nitrogens is 3. The van der Waals surface area contributed by atoms with E-state index in [1.807, 2.05) is 10.6 Å². The van der Waals surface area contributed by atoms with Crippen LogP contribution in [0.15, 0.2) is 24.8 Å². The average molecular weight is 168 g/mol. The van der Waals surface area contributed by atoms with Gasteiger partial charge in [-0.3, -0.25) is 4.98 Å². The molecule has 0 unspecified atom stereocenters. The molecule has 0 aromatic carbocycles. The molecule has 0 N–H and O–H groups in total. The molecule has 2 aromatic heterocycles. The first kappa shape index (κ1) is 6.61. The lowest BCUT2D eigenvalue weighted by Gasteiger charge is -1.93. The van der Waals surface area contributed by atoms with Crippen LogP contribution in [0.4, 0.5) is 0 Å². The minimum atomic E-state index is 0.477. The number of fused-ring (bicyclic) bond motifs is 1. The second-order valence-electron chi connectivity index (χ2n) is 2.19. The van der Waals surface area contributed by atoms with Crippen LogP contribution >= 0.6 is 11.6 Å². The summed E-state index contributed by atoms with van der Waals surface area (Å²) in [5.74, 6) is 0.477. The van der Waals surface area contributed by atoms with E-state index in [4.69, 9.17) is 11.6 Å². The minimum absolute atomic E-state index is 0.477. The number of hydrogen-bond acceptors (Lipinski definition) is 2. The van der Waals surface area contributed by atoms with E-state index < -0.39 is 0 Å². The first-order chi connectivity index (χ1) is 5.42. The molecule has 2 aromatic rings. The zero-order chi connectivity index (χ0) is 7.68. The summed E-state index contributed by atoms with van der Waals surface area (Å²) in [6.07, 6.45) is 7.02. The number of hydrogen-bond donors (Lipinski definition) is 0. The monoisotopic (exact) mass is 167 g/mol. The molecule has 0 bridgehead atoms. The zero-order valence-electron chi connectivity index (χ0n) is 5.74. The largest absolute Gasteiger partial charge is 0.300 e. The van der Waals surface area contributed by atoms with E-state index in [2.05, 4.69) is 9.97 Å². The predicted molar refractivity (Wildman–Crippen MR) is 42.5 cm³/mol. The van der Waals surface area contributed by atoms with Crippen molar-refractivity contribution in [2.45, 2.75) is 5.88 Å². The molecule has 0 radical (unpaired) electrons. The predicted octanol–water partition coefficient (Wildman–Crippen LogP) is 1.47. The Labute approximate surface area is 68.7 Å². The third-order valence-electron chi connectivity index (χ3n) is 1.53. The van der Waals surface area contributed by atoms with Crippen LogP contribution in [-0.4, -0.2) is 14.4 Å². The molecule has 3 nitrogen and oxygen atoms in total. The van der Waals surface area contributed by atoms with Crippen molar-refractivity contribution in [3.63, 3.8) is 0 Å². The van der Waals surface area contributed by atoms with Crippen LogP contribution in [-0.2, 0) is 5.88 Å². The Bertz CT molecular complexity index is 368. The van der Waals surface area contributed by atoms with E-state index >= 15 is 0 Å². The normalized spacial score (nSPS) is 10.6. The van der Waals surface area contributed by atoms with Gasteiger partial charge in [-0.25, -0.2) is 4.98 Å². The maximum atomic E-state index is 5.67. The zero-order valence-corrected chi connectivity index (χ0v) is 6.49. The Morgan fingerprint density at radius 1 is 1.45 bits per heavy atom. The third-order valence-corrected chi connectivity index (χ3v) is 1.80. The molecule has 0 aliphatic carbocycles. The van der Waals surface area contributed by atoms with Gasteiger partial charge in [0.2, 0.25) is 0 Å². The van der Waals surface area contributed by atoms with Gasteiger partial charge in [0, 0.05) is 12.4 Å². The Hall–Kier alpha value is -1.09. The second kappa shape index (κ2) is 2.51. The number of alkyl halides is 1. The highest BCUT2D eigenvalue weighted by molar-refractivity contribution is 6.16. The quantitative estimate of drug-likeness (QED) is 0.602. The first-order valence-corrected chi connectivity index (χ1v) is 3.77. The molecule has 2 rings (SSSR count). The molecule has 0 saturated carbocycles. The Morgan fingerprint density at radius 3 is 3.18 bits per heavy atom. The molecule has 0 amide bonds. The molecule has 0 aliphatic rings. The van der Waals surface area contributed by atoms with Crippen LogP contribution in [0.25, 0.3) is 5.65 Å². The smallest absolute Gasteiger partial charge is 0.155 e. The second-order valence-corrected chi connectivity index (χ2v) is 2.45. The van der Waals surface area contributed by atoms with Gasteiger partial charge in [-0.2, -0.15) is 0 Å². The van der Waals surface area contributed by atoms with Crippen LogP contribution in [0.2, 0.25) is 0 Å². The van der Waals surface area contributed by atoms with Crippen molar-refractivity contribution in [2.75, 3.05) is 0 Å². The lowest BCUT2D eigenvalue weighted by molar-refractivity contribution is 1.06. The Kier molecular flexibility index (Phi) is 1.51. The topological polar surface area (TPSA) is 30.2 Å². The molecule has 0 fully saturated rings. The maximum Gasteiger partial charge on any atom is 0.155 e. The highest BCUT2D eigenvalue weighted by Gasteiger charge is 1.98. The summed E-state index contributed by atoms with van der Waals surface area (Å²) in [6, 6.07) is 0. The fourth-order valence-corrected chi connectivity index (χ4v) is 1.19. The highest BCUT2D eigenvalue weighted by Crippen LogP contribution is 2.06. The number of nitrogens with zero attached hydrogens (tertiary/aromatic N) is 3. The average Bonchev–Trinajstić information content (AvgIpc) is 2.47. The summed E-state index contributed by atoms with van der Waals surface area (Å²) in [5.41, 5.74) is 1.83. The highest BCUT2D eigenvalue weighted by atomic mass is 35.5.